The Morgan fingerprint density at radius 1 is 0.750 bits per heavy atom. The number of sulfonamides is 1. The molecule has 1 N–H and O–H groups in total. The normalized spacial score (nSPS) is 11.8. The van der Waals surface area contributed by atoms with Crippen LogP contribution in [0.3, 0.4) is 0 Å². The molecule has 1 aromatic rings. The van der Waals surface area contributed by atoms with E-state index in [2.05, 4.69) is 18.6 Å². The highest BCUT2D eigenvalue weighted by Crippen LogP contribution is 2.12. The first kappa shape index (κ1) is 21.2. The minimum Gasteiger partial charge on any atom is -0.211 e. The highest BCUT2D eigenvalue weighted by molar-refractivity contribution is 7.89. The van der Waals surface area contributed by atoms with E-state index in [4.69, 9.17) is 0 Å². The molecule has 24 heavy (non-hydrogen) atoms. The van der Waals surface area contributed by atoms with E-state index in [-0.39, 0.29) is 0 Å². The maximum Gasteiger partial charge on any atom is 0.240 e. The van der Waals surface area contributed by atoms with E-state index in [9.17, 15) is 8.42 Å². The van der Waals surface area contributed by atoms with Crippen LogP contribution in [0.5, 0.6) is 0 Å². The van der Waals surface area contributed by atoms with Crippen molar-refractivity contribution in [2.75, 3.05) is 6.54 Å². The van der Waals surface area contributed by atoms with Crippen LogP contribution in [0.4, 0.5) is 0 Å². The van der Waals surface area contributed by atoms with Crippen LogP contribution in [0.2, 0.25) is 0 Å². The topological polar surface area (TPSA) is 46.2 Å². The summed E-state index contributed by atoms with van der Waals surface area (Å²) < 4.78 is 27.1. The Morgan fingerprint density at radius 2 is 1.25 bits per heavy atom. The molecule has 3 nitrogen and oxygen atoms in total. The van der Waals surface area contributed by atoms with Gasteiger partial charge in [0.05, 0.1) is 4.90 Å². The predicted molar refractivity (Wildman–Crippen MR) is 103 cm³/mol. The molecule has 0 unspecified atom stereocenters. The highest BCUT2D eigenvalue weighted by atomic mass is 32.2. The second-order valence-electron chi connectivity index (χ2n) is 6.58. The molecule has 0 aliphatic heterocycles. The molecular formula is C20H35NO2S. The third-order valence-electron chi connectivity index (χ3n) is 4.46. The minimum absolute atomic E-state index is 0.367. The van der Waals surface area contributed by atoms with E-state index in [1.165, 1.54) is 51.4 Å². The number of unbranched alkanes of at least 4 members (excludes halogenated alkanes) is 9. The molecule has 4 heteroatoms. The van der Waals surface area contributed by atoms with Crippen LogP contribution in [0.25, 0.3) is 0 Å². The van der Waals surface area contributed by atoms with Crippen molar-refractivity contribution in [3.05, 3.63) is 29.8 Å². The second-order valence-corrected chi connectivity index (χ2v) is 8.34. The summed E-state index contributed by atoms with van der Waals surface area (Å²) in [5.41, 5.74) is 1.16. The van der Waals surface area contributed by atoms with Gasteiger partial charge < -0.3 is 0 Å². The monoisotopic (exact) mass is 353 g/mol. The summed E-state index contributed by atoms with van der Waals surface area (Å²) in [6, 6.07) is 7.16. The largest absolute Gasteiger partial charge is 0.240 e. The minimum atomic E-state index is -3.35. The van der Waals surface area contributed by atoms with Crippen LogP contribution in [0.15, 0.2) is 29.2 Å². The fourth-order valence-electron chi connectivity index (χ4n) is 2.81. The molecule has 0 aromatic heterocycles. The Balaban J connectivity index is 2.09. The molecule has 0 saturated heterocycles. The zero-order valence-corrected chi connectivity index (χ0v) is 16.3. The van der Waals surface area contributed by atoms with Gasteiger partial charge in [-0.3, -0.25) is 0 Å². The maximum atomic E-state index is 12.2. The van der Waals surface area contributed by atoms with Crippen molar-refractivity contribution in [1.29, 1.82) is 0 Å². The molecule has 0 heterocycles. The third-order valence-corrected chi connectivity index (χ3v) is 5.94. The molecular weight excluding hydrogens is 318 g/mol. The lowest BCUT2D eigenvalue weighted by Crippen LogP contribution is -2.24. The maximum absolute atomic E-state index is 12.2. The van der Waals surface area contributed by atoms with Crippen LogP contribution in [0.1, 0.15) is 83.6 Å². The van der Waals surface area contributed by atoms with E-state index in [0.29, 0.717) is 11.4 Å². The smallest absolute Gasteiger partial charge is 0.211 e. The van der Waals surface area contributed by atoms with Gasteiger partial charge in [-0.15, -0.1) is 0 Å². The molecule has 0 atom stereocenters. The van der Waals surface area contributed by atoms with Crippen LogP contribution in [-0.4, -0.2) is 15.0 Å². The van der Waals surface area contributed by atoms with Crippen molar-refractivity contribution < 1.29 is 8.42 Å². The van der Waals surface area contributed by atoms with E-state index >= 15 is 0 Å². The molecule has 0 bridgehead atoms. The zero-order chi connectivity index (χ0) is 17.7. The molecule has 0 spiro atoms. The summed E-state index contributed by atoms with van der Waals surface area (Å²) >= 11 is 0. The molecule has 138 valence electrons. The van der Waals surface area contributed by atoms with E-state index in [1.807, 2.05) is 12.1 Å². The first-order chi connectivity index (χ1) is 11.6. The third kappa shape index (κ3) is 8.84. The lowest BCUT2D eigenvalue weighted by molar-refractivity contribution is 0.549. The number of hydrogen-bond acceptors (Lipinski definition) is 2. The Kier molecular flexibility index (Phi) is 11.0. The van der Waals surface area contributed by atoms with Gasteiger partial charge in [-0.1, -0.05) is 83.8 Å². The molecule has 1 aromatic carbocycles. The van der Waals surface area contributed by atoms with Gasteiger partial charge in [0, 0.05) is 6.54 Å². The Labute approximate surface area is 149 Å². The van der Waals surface area contributed by atoms with Crippen molar-refractivity contribution in [3.63, 3.8) is 0 Å². The van der Waals surface area contributed by atoms with Crippen LogP contribution < -0.4 is 4.72 Å². The summed E-state index contributed by atoms with van der Waals surface area (Å²) in [4.78, 5) is 0.367. The molecule has 0 fully saturated rings. The number of rotatable bonds is 14. The van der Waals surface area contributed by atoms with E-state index < -0.39 is 10.0 Å². The van der Waals surface area contributed by atoms with Gasteiger partial charge in [0.1, 0.15) is 0 Å². The van der Waals surface area contributed by atoms with Crippen LogP contribution in [0, 0.1) is 0 Å². The summed E-state index contributed by atoms with van der Waals surface area (Å²) in [5.74, 6) is 0. The van der Waals surface area contributed by atoms with Gasteiger partial charge in [-0.2, -0.15) is 0 Å². The summed E-state index contributed by atoms with van der Waals surface area (Å²) in [5, 5.41) is 0. The summed E-state index contributed by atoms with van der Waals surface area (Å²) in [6.07, 6.45) is 13.5. The highest BCUT2D eigenvalue weighted by Gasteiger charge is 2.12. The molecule has 0 aliphatic rings. The first-order valence-electron chi connectivity index (χ1n) is 9.68. The van der Waals surface area contributed by atoms with E-state index in [0.717, 1.165) is 24.8 Å². The lowest BCUT2D eigenvalue weighted by Gasteiger charge is -2.07. The van der Waals surface area contributed by atoms with Crippen LogP contribution >= 0.6 is 0 Å². The fraction of sp³-hybridized carbons (Fsp3) is 0.700. The Hall–Kier alpha value is -0.870. The zero-order valence-electron chi connectivity index (χ0n) is 15.5. The SMILES string of the molecule is CCCCCCCCCCCCNS(=O)(=O)c1ccc(CC)cc1. The second kappa shape index (κ2) is 12.5. The number of hydrogen-bond donors (Lipinski definition) is 1. The molecule has 0 saturated carbocycles. The first-order valence-corrected chi connectivity index (χ1v) is 11.2. The van der Waals surface area contributed by atoms with Crippen molar-refractivity contribution in [2.24, 2.45) is 0 Å². The fourth-order valence-corrected chi connectivity index (χ4v) is 3.88. The van der Waals surface area contributed by atoms with Crippen molar-refractivity contribution in [3.8, 4) is 0 Å². The van der Waals surface area contributed by atoms with Gasteiger partial charge in [0.15, 0.2) is 0 Å². The van der Waals surface area contributed by atoms with Gasteiger partial charge in [0.25, 0.3) is 0 Å². The van der Waals surface area contributed by atoms with Crippen LogP contribution in [-0.2, 0) is 16.4 Å². The lowest BCUT2D eigenvalue weighted by atomic mass is 10.1. The van der Waals surface area contributed by atoms with Gasteiger partial charge in [0.2, 0.25) is 10.0 Å². The van der Waals surface area contributed by atoms with Crippen molar-refractivity contribution in [1.82, 2.24) is 4.72 Å². The summed E-state index contributed by atoms with van der Waals surface area (Å²) in [6.45, 7) is 4.84. The number of aryl methyl sites for hydroxylation is 1. The molecule has 0 radical (unpaired) electrons. The van der Waals surface area contributed by atoms with Gasteiger partial charge in [-0.25, -0.2) is 13.1 Å². The van der Waals surface area contributed by atoms with Crippen molar-refractivity contribution in [2.45, 2.75) is 89.4 Å². The molecule has 0 aliphatic carbocycles. The number of nitrogens with one attached hydrogen (secondary N) is 1. The molecule has 1 rings (SSSR count). The molecule has 0 amide bonds. The average molecular weight is 354 g/mol. The Bertz CT molecular complexity index is 523. The quantitative estimate of drug-likeness (QED) is 0.452. The number of benzene rings is 1. The summed E-state index contributed by atoms with van der Waals surface area (Å²) in [7, 11) is -3.35. The van der Waals surface area contributed by atoms with Crippen molar-refractivity contribution >= 4 is 10.0 Å². The van der Waals surface area contributed by atoms with Gasteiger partial charge >= 0.3 is 0 Å². The van der Waals surface area contributed by atoms with Gasteiger partial charge in [-0.05, 0) is 30.5 Å². The standard InChI is InChI=1S/C20H35NO2S/c1-3-5-6-7-8-9-10-11-12-13-18-21-24(22,23)20-16-14-19(4-2)15-17-20/h14-17,21H,3-13,18H2,1-2H3. The van der Waals surface area contributed by atoms with E-state index in [1.54, 1.807) is 12.1 Å². The average Bonchev–Trinajstić information content (AvgIpc) is 2.59. The Morgan fingerprint density at radius 3 is 1.75 bits per heavy atom. The predicted octanol–water partition coefficient (Wildman–Crippen LogP) is 5.45.